The summed E-state index contributed by atoms with van der Waals surface area (Å²) in [4.78, 5) is 29.3. The van der Waals surface area contributed by atoms with Crippen molar-refractivity contribution in [2.24, 2.45) is 0 Å². The average molecular weight is 284 g/mol. The van der Waals surface area contributed by atoms with Crippen LogP contribution in [0.15, 0.2) is 12.5 Å². The number of carbonyl (C=O) groups is 2. The molecular weight excluding hydrogens is 264 g/mol. The summed E-state index contributed by atoms with van der Waals surface area (Å²) in [5, 5.41) is 14.1. The molecule has 0 saturated heterocycles. The first-order valence-electron chi connectivity index (χ1n) is 6.37. The summed E-state index contributed by atoms with van der Waals surface area (Å²) in [5.41, 5.74) is 0.651. The SMILES string of the molecule is COCCCCNC(=O)NC(Cc1cnc[nH]1)C(=O)O. The molecule has 0 radical (unpaired) electrons. The molecule has 8 nitrogen and oxygen atoms in total. The Morgan fingerprint density at radius 3 is 2.90 bits per heavy atom. The van der Waals surface area contributed by atoms with E-state index in [4.69, 9.17) is 9.84 Å². The number of carboxylic acid groups (broad SMARTS) is 1. The van der Waals surface area contributed by atoms with Crippen molar-refractivity contribution in [3.05, 3.63) is 18.2 Å². The van der Waals surface area contributed by atoms with Crippen molar-refractivity contribution in [2.75, 3.05) is 20.3 Å². The molecule has 1 aromatic rings. The number of amides is 2. The van der Waals surface area contributed by atoms with Crippen molar-refractivity contribution in [1.82, 2.24) is 20.6 Å². The van der Waals surface area contributed by atoms with Gasteiger partial charge in [0.05, 0.1) is 6.33 Å². The average Bonchev–Trinajstić information content (AvgIpc) is 2.90. The van der Waals surface area contributed by atoms with Gasteiger partial charge in [0.1, 0.15) is 6.04 Å². The fourth-order valence-electron chi connectivity index (χ4n) is 1.60. The highest BCUT2D eigenvalue weighted by Gasteiger charge is 2.20. The van der Waals surface area contributed by atoms with E-state index in [2.05, 4.69) is 20.6 Å². The predicted molar refractivity (Wildman–Crippen MR) is 71.4 cm³/mol. The van der Waals surface area contributed by atoms with Gasteiger partial charge in [0, 0.05) is 38.6 Å². The predicted octanol–water partition coefficient (Wildman–Crippen LogP) is 0.131. The number of aliphatic carboxylic acids is 1. The Hall–Kier alpha value is -2.09. The van der Waals surface area contributed by atoms with Crippen LogP contribution in [-0.2, 0) is 16.0 Å². The van der Waals surface area contributed by atoms with Crippen molar-refractivity contribution < 1.29 is 19.4 Å². The maximum atomic E-state index is 11.6. The summed E-state index contributed by atoms with van der Waals surface area (Å²) in [6.45, 7) is 1.12. The molecule has 0 bridgehead atoms. The number of H-pyrrole nitrogens is 1. The highest BCUT2D eigenvalue weighted by molar-refractivity contribution is 5.82. The first kappa shape index (κ1) is 16.0. The Balaban J connectivity index is 2.30. The van der Waals surface area contributed by atoms with E-state index in [0.717, 1.165) is 12.8 Å². The van der Waals surface area contributed by atoms with Gasteiger partial charge in [0.25, 0.3) is 0 Å². The number of rotatable bonds is 9. The number of nitrogens with one attached hydrogen (secondary N) is 3. The van der Waals surface area contributed by atoms with Gasteiger partial charge >= 0.3 is 12.0 Å². The molecule has 0 fully saturated rings. The molecule has 112 valence electrons. The Kier molecular flexibility index (Phi) is 7.12. The molecular formula is C12H20N4O4. The van der Waals surface area contributed by atoms with Gasteiger partial charge in [-0.2, -0.15) is 0 Å². The molecule has 0 aromatic carbocycles. The van der Waals surface area contributed by atoms with Crippen LogP contribution in [-0.4, -0.2) is 53.4 Å². The lowest BCUT2D eigenvalue weighted by molar-refractivity contribution is -0.139. The van der Waals surface area contributed by atoms with Gasteiger partial charge in [-0.15, -0.1) is 0 Å². The van der Waals surface area contributed by atoms with Crippen molar-refractivity contribution in [1.29, 1.82) is 0 Å². The Morgan fingerprint density at radius 2 is 2.30 bits per heavy atom. The summed E-state index contributed by atoms with van der Waals surface area (Å²) in [6.07, 6.45) is 4.77. The molecule has 1 unspecified atom stereocenters. The van der Waals surface area contributed by atoms with E-state index in [0.29, 0.717) is 18.8 Å². The summed E-state index contributed by atoms with van der Waals surface area (Å²) in [7, 11) is 1.62. The molecule has 20 heavy (non-hydrogen) atoms. The van der Waals surface area contributed by atoms with Gasteiger partial charge in [0.2, 0.25) is 0 Å². The molecule has 4 N–H and O–H groups in total. The summed E-state index contributed by atoms with van der Waals surface area (Å²) in [5.74, 6) is -1.09. The van der Waals surface area contributed by atoms with E-state index >= 15 is 0 Å². The van der Waals surface area contributed by atoms with E-state index in [-0.39, 0.29) is 6.42 Å². The summed E-state index contributed by atoms with van der Waals surface area (Å²) in [6, 6.07) is -1.48. The van der Waals surface area contributed by atoms with E-state index in [1.54, 1.807) is 7.11 Å². The molecule has 1 rings (SSSR count). The molecule has 0 saturated carbocycles. The number of methoxy groups -OCH3 is 1. The zero-order chi connectivity index (χ0) is 14.8. The molecule has 0 aliphatic heterocycles. The van der Waals surface area contributed by atoms with E-state index in [1.807, 2.05) is 0 Å². The second-order valence-corrected chi connectivity index (χ2v) is 4.27. The van der Waals surface area contributed by atoms with Gasteiger partial charge in [-0.1, -0.05) is 0 Å². The van der Waals surface area contributed by atoms with Crippen LogP contribution < -0.4 is 10.6 Å². The largest absolute Gasteiger partial charge is 0.480 e. The van der Waals surface area contributed by atoms with Crippen molar-refractivity contribution >= 4 is 12.0 Å². The van der Waals surface area contributed by atoms with E-state index < -0.39 is 18.0 Å². The number of carboxylic acids is 1. The minimum atomic E-state index is -1.09. The number of ether oxygens (including phenoxy) is 1. The molecule has 1 heterocycles. The molecule has 0 spiro atoms. The summed E-state index contributed by atoms with van der Waals surface area (Å²) >= 11 is 0. The fourth-order valence-corrected chi connectivity index (χ4v) is 1.60. The van der Waals surface area contributed by atoms with Gasteiger partial charge in [-0.3, -0.25) is 0 Å². The third-order valence-corrected chi connectivity index (χ3v) is 2.64. The zero-order valence-electron chi connectivity index (χ0n) is 11.4. The smallest absolute Gasteiger partial charge is 0.326 e. The Morgan fingerprint density at radius 1 is 1.50 bits per heavy atom. The van der Waals surface area contributed by atoms with Crippen molar-refractivity contribution in [3.8, 4) is 0 Å². The molecule has 1 atom stereocenters. The van der Waals surface area contributed by atoms with E-state index in [9.17, 15) is 9.59 Å². The van der Waals surface area contributed by atoms with Crippen LogP contribution in [0.5, 0.6) is 0 Å². The van der Waals surface area contributed by atoms with Crippen LogP contribution in [0.3, 0.4) is 0 Å². The highest BCUT2D eigenvalue weighted by Crippen LogP contribution is 1.98. The third kappa shape index (κ3) is 6.19. The monoisotopic (exact) mass is 284 g/mol. The van der Waals surface area contributed by atoms with Gasteiger partial charge < -0.3 is 25.5 Å². The maximum Gasteiger partial charge on any atom is 0.326 e. The second-order valence-electron chi connectivity index (χ2n) is 4.27. The Bertz CT molecular complexity index is 408. The standard InChI is InChI=1S/C12H20N4O4/c1-20-5-3-2-4-14-12(19)16-10(11(17)18)6-9-7-13-8-15-9/h7-8,10H,2-6H2,1H3,(H,13,15)(H,17,18)(H2,14,16,19). The van der Waals surface area contributed by atoms with Crippen molar-refractivity contribution in [2.45, 2.75) is 25.3 Å². The lowest BCUT2D eigenvalue weighted by atomic mass is 10.2. The first-order chi connectivity index (χ1) is 9.63. The van der Waals surface area contributed by atoms with Crippen LogP contribution in [0.4, 0.5) is 4.79 Å². The highest BCUT2D eigenvalue weighted by atomic mass is 16.5. The number of hydrogen-bond donors (Lipinski definition) is 4. The third-order valence-electron chi connectivity index (χ3n) is 2.64. The number of nitrogens with zero attached hydrogens (tertiary/aromatic N) is 1. The van der Waals surface area contributed by atoms with Gasteiger partial charge in [0.15, 0.2) is 0 Å². The first-order valence-corrected chi connectivity index (χ1v) is 6.37. The zero-order valence-corrected chi connectivity index (χ0v) is 11.4. The quantitative estimate of drug-likeness (QED) is 0.481. The molecule has 1 aromatic heterocycles. The maximum absolute atomic E-state index is 11.6. The lowest BCUT2D eigenvalue weighted by Crippen LogP contribution is -2.47. The second kappa shape index (κ2) is 8.92. The lowest BCUT2D eigenvalue weighted by Gasteiger charge is -2.14. The number of aromatic nitrogens is 2. The fraction of sp³-hybridized carbons (Fsp3) is 0.583. The molecule has 8 heteroatoms. The number of aromatic amines is 1. The number of urea groups is 1. The van der Waals surface area contributed by atoms with Gasteiger partial charge in [-0.05, 0) is 12.8 Å². The van der Waals surface area contributed by atoms with Gasteiger partial charge in [-0.25, -0.2) is 14.6 Å². The molecule has 2 amide bonds. The van der Waals surface area contributed by atoms with Crippen molar-refractivity contribution in [3.63, 3.8) is 0 Å². The van der Waals surface area contributed by atoms with E-state index in [1.165, 1.54) is 12.5 Å². The van der Waals surface area contributed by atoms with Crippen LogP contribution in [0, 0.1) is 0 Å². The Labute approximate surface area is 116 Å². The van der Waals surface area contributed by atoms with Crippen LogP contribution >= 0.6 is 0 Å². The molecule has 0 aliphatic carbocycles. The number of imidazole rings is 1. The van der Waals surface area contributed by atoms with Crippen LogP contribution in [0.1, 0.15) is 18.5 Å². The number of hydrogen-bond acceptors (Lipinski definition) is 4. The topological polar surface area (TPSA) is 116 Å². The minimum Gasteiger partial charge on any atom is -0.480 e. The molecule has 0 aliphatic rings. The minimum absolute atomic E-state index is 0.159. The normalized spacial score (nSPS) is 11.8. The van der Waals surface area contributed by atoms with Crippen LogP contribution in [0.25, 0.3) is 0 Å². The van der Waals surface area contributed by atoms with Crippen LogP contribution in [0.2, 0.25) is 0 Å². The number of carbonyl (C=O) groups excluding carboxylic acids is 1. The number of unbranched alkanes of at least 4 members (excludes halogenated alkanes) is 1. The summed E-state index contributed by atoms with van der Waals surface area (Å²) < 4.78 is 4.89.